The fraction of sp³-hybridized carbons (Fsp3) is 0.367. The van der Waals surface area contributed by atoms with Crippen LogP contribution < -0.4 is 10.2 Å². The van der Waals surface area contributed by atoms with Crippen molar-refractivity contribution >= 4 is 28.6 Å². The van der Waals surface area contributed by atoms with E-state index in [4.69, 9.17) is 11.0 Å². The lowest BCUT2D eigenvalue weighted by Crippen LogP contribution is -2.39. The normalized spacial score (nSPS) is 15.1. The lowest BCUT2D eigenvalue weighted by atomic mass is 9.97. The summed E-state index contributed by atoms with van der Waals surface area (Å²) in [5.74, 6) is 0.699. The summed E-state index contributed by atoms with van der Waals surface area (Å²) in [5.41, 5.74) is 3.06. The van der Waals surface area contributed by atoms with Crippen LogP contribution in [0.4, 0.5) is 24.8 Å². The molecule has 3 heterocycles. The van der Waals surface area contributed by atoms with Crippen LogP contribution in [0.15, 0.2) is 53.1 Å². The molecular weight excluding hydrogens is 533 g/mol. The lowest BCUT2D eigenvalue weighted by molar-refractivity contribution is -0.141. The van der Waals surface area contributed by atoms with Crippen molar-refractivity contribution < 1.29 is 22.4 Å². The van der Waals surface area contributed by atoms with Gasteiger partial charge in [0.2, 0.25) is 11.8 Å². The number of nitrogens with one attached hydrogen (secondary N) is 1. The standard InChI is InChI=1S/C30H29F3N6O2/c1-4-18(2)23-15-22(34-3)16-24-26(23)41-28(37-24)21-7-5-20(6-8-21)27(40)36-17-19-10-13-39(14-11-19)29-35-12-9-25(38-29)30(31,32)33/h5-9,12,15-16,18-19H,4,10-11,13-14,17H2,1-2H3,(H,36,40). The highest BCUT2D eigenvalue weighted by molar-refractivity contribution is 5.94. The zero-order valence-corrected chi connectivity index (χ0v) is 22.7. The monoisotopic (exact) mass is 562 g/mol. The van der Waals surface area contributed by atoms with E-state index in [2.05, 4.69) is 39.0 Å². The highest BCUT2D eigenvalue weighted by Crippen LogP contribution is 2.35. The molecule has 1 aliphatic rings. The van der Waals surface area contributed by atoms with Crippen molar-refractivity contribution in [2.75, 3.05) is 24.5 Å². The molecule has 1 unspecified atom stereocenters. The Morgan fingerprint density at radius 2 is 1.90 bits per heavy atom. The number of fused-ring (bicyclic) bond motifs is 1. The summed E-state index contributed by atoms with van der Waals surface area (Å²) in [4.78, 5) is 30.4. The van der Waals surface area contributed by atoms with Crippen molar-refractivity contribution in [2.24, 2.45) is 5.92 Å². The summed E-state index contributed by atoms with van der Waals surface area (Å²) in [5, 5.41) is 2.97. The molecule has 0 radical (unpaired) electrons. The van der Waals surface area contributed by atoms with Gasteiger partial charge in [-0.1, -0.05) is 13.8 Å². The van der Waals surface area contributed by atoms with E-state index in [0.29, 0.717) is 60.7 Å². The second kappa shape index (κ2) is 11.6. The summed E-state index contributed by atoms with van der Waals surface area (Å²) in [6.07, 6.45) is -1.09. The summed E-state index contributed by atoms with van der Waals surface area (Å²) >= 11 is 0. The molecule has 8 nitrogen and oxygen atoms in total. The molecule has 1 N–H and O–H groups in total. The molecule has 0 spiro atoms. The highest BCUT2D eigenvalue weighted by Gasteiger charge is 2.33. The van der Waals surface area contributed by atoms with E-state index in [1.807, 2.05) is 6.07 Å². The Labute approximate surface area is 235 Å². The predicted octanol–water partition coefficient (Wildman–Crippen LogP) is 7.01. The molecule has 212 valence electrons. The number of alkyl halides is 3. The number of carbonyl (C=O) groups is 1. The first-order valence-corrected chi connectivity index (χ1v) is 13.5. The Hall–Kier alpha value is -4.46. The molecule has 1 saturated heterocycles. The van der Waals surface area contributed by atoms with Crippen molar-refractivity contribution in [3.8, 4) is 11.5 Å². The molecule has 41 heavy (non-hydrogen) atoms. The average molecular weight is 563 g/mol. The number of rotatable bonds is 7. The van der Waals surface area contributed by atoms with Gasteiger partial charge < -0.3 is 14.6 Å². The second-order valence-corrected chi connectivity index (χ2v) is 10.3. The Kier molecular flexibility index (Phi) is 7.92. The Morgan fingerprint density at radius 1 is 1.17 bits per heavy atom. The number of piperidine rings is 1. The van der Waals surface area contributed by atoms with E-state index in [0.717, 1.165) is 29.8 Å². The van der Waals surface area contributed by atoms with Crippen LogP contribution in [0.25, 0.3) is 27.4 Å². The van der Waals surface area contributed by atoms with Crippen LogP contribution in [-0.4, -0.2) is 40.5 Å². The highest BCUT2D eigenvalue weighted by atomic mass is 19.4. The number of carbonyl (C=O) groups excluding carboxylic acids is 1. The van der Waals surface area contributed by atoms with Crippen LogP contribution in [0.1, 0.15) is 60.6 Å². The van der Waals surface area contributed by atoms with Gasteiger partial charge in [0.1, 0.15) is 5.69 Å². The van der Waals surface area contributed by atoms with Gasteiger partial charge in [0.05, 0.1) is 12.1 Å². The van der Waals surface area contributed by atoms with Gasteiger partial charge in [-0.2, -0.15) is 13.2 Å². The fourth-order valence-electron chi connectivity index (χ4n) is 4.92. The topological polar surface area (TPSA) is 88.5 Å². The van der Waals surface area contributed by atoms with Crippen LogP contribution in [0.5, 0.6) is 0 Å². The molecule has 1 fully saturated rings. The number of amides is 1. The van der Waals surface area contributed by atoms with E-state index in [1.54, 1.807) is 35.2 Å². The van der Waals surface area contributed by atoms with Gasteiger partial charge in [-0.3, -0.25) is 4.79 Å². The first-order valence-electron chi connectivity index (χ1n) is 13.5. The van der Waals surface area contributed by atoms with Crippen LogP contribution in [-0.2, 0) is 6.18 Å². The van der Waals surface area contributed by atoms with E-state index in [9.17, 15) is 18.0 Å². The van der Waals surface area contributed by atoms with Gasteiger partial charge in [0, 0.05) is 37.0 Å². The number of anilines is 1. The number of hydrogen-bond donors (Lipinski definition) is 1. The molecule has 2 aromatic carbocycles. The van der Waals surface area contributed by atoms with Gasteiger partial charge in [0.25, 0.3) is 5.91 Å². The molecule has 1 amide bonds. The smallest absolute Gasteiger partial charge is 0.433 e. The molecule has 5 rings (SSSR count). The van der Waals surface area contributed by atoms with Gasteiger partial charge in [0.15, 0.2) is 11.3 Å². The van der Waals surface area contributed by atoms with Gasteiger partial charge >= 0.3 is 6.18 Å². The summed E-state index contributed by atoms with van der Waals surface area (Å²) in [6, 6.07) is 11.4. The Balaban J connectivity index is 1.19. The minimum absolute atomic E-state index is 0.0734. The van der Waals surface area contributed by atoms with Crippen LogP contribution >= 0.6 is 0 Å². The molecule has 0 bridgehead atoms. The number of aromatic nitrogens is 3. The van der Waals surface area contributed by atoms with Gasteiger partial charge in [-0.15, -0.1) is 0 Å². The van der Waals surface area contributed by atoms with Crippen LogP contribution in [0.3, 0.4) is 0 Å². The SMILES string of the molecule is [C-]#[N+]c1cc(C(C)CC)c2oc(-c3ccc(C(=O)NCC4CCN(c5nccc(C(F)(F)F)n5)CC4)cc3)nc2c1. The van der Waals surface area contributed by atoms with Crippen molar-refractivity contribution in [1.29, 1.82) is 0 Å². The van der Waals surface area contributed by atoms with E-state index < -0.39 is 11.9 Å². The van der Waals surface area contributed by atoms with Crippen molar-refractivity contribution in [2.45, 2.75) is 45.2 Å². The van der Waals surface area contributed by atoms with Crippen molar-refractivity contribution in [3.63, 3.8) is 0 Å². The lowest BCUT2D eigenvalue weighted by Gasteiger charge is -2.32. The molecule has 11 heteroatoms. The third-order valence-corrected chi connectivity index (χ3v) is 7.55. The largest absolute Gasteiger partial charge is 0.436 e. The number of halogens is 3. The van der Waals surface area contributed by atoms with Crippen LogP contribution in [0.2, 0.25) is 0 Å². The van der Waals surface area contributed by atoms with Crippen molar-refractivity contribution in [1.82, 2.24) is 20.3 Å². The summed E-state index contributed by atoms with van der Waals surface area (Å²) < 4.78 is 45.1. The molecule has 0 aliphatic carbocycles. The molecular formula is C30H29F3N6O2. The fourth-order valence-corrected chi connectivity index (χ4v) is 4.92. The zero-order valence-electron chi connectivity index (χ0n) is 22.7. The first-order chi connectivity index (χ1) is 19.7. The molecule has 4 aromatic rings. The Morgan fingerprint density at radius 3 is 2.56 bits per heavy atom. The Bertz CT molecular complexity index is 1580. The number of benzene rings is 2. The van der Waals surface area contributed by atoms with Crippen LogP contribution in [0, 0.1) is 12.5 Å². The molecule has 2 aromatic heterocycles. The first kappa shape index (κ1) is 28.1. The van der Waals surface area contributed by atoms with Crippen molar-refractivity contribution in [3.05, 3.63) is 76.9 Å². The maximum absolute atomic E-state index is 13.0. The predicted molar refractivity (Wildman–Crippen MR) is 149 cm³/mol. The summed E-state index contributed by atoms with van der Waals surface area (Å²) in [6.45, 7) is 13.1. The third kappa shape index (κ3) is 6.16. The van der Waals surface area contributed by atoms with Gasteiger partial charge in [-0.25, -0.2) is 19.8 Å². The second-order valence-electron chi connectivity index (χ2n) is 10.3. The molecule has 0 saturated carbocycles. The zero-order chi connectivity index (χ0) is 29.1. The minimum atomic E-state index is -4.51. The molecule has 1 aliphatic heterocycles. The average Bonchev–Trinajstić information content (AvgIpc) is 3.43. The number of hydrogen-bond acceptors (Lipinski definition) is 6. The minimum Gasteiger partial charge on any atom is -0.436 e. The number of nitrogens with zero attached hydrogens (tertiary/aromatic N) is 5. The van der Waals surface area contributed by atoms with E-state index in [-0.39, 0.29) is 23.7 Å². The maximum Gasteiger partial charge on any atom is 0.433 e. The number of oxazole rings is 1. The summed E-state index contributed by atoms with van der Waals surface area (Å²) in [7, 11) is 0. The quantitative estimate of drug-likeness (QED) is 0.244. The van der Waals surface area contributed by atoms with E-state index >= 15 is 0 Å². The third-order valence-electron chi connectivity index (χ3n) is 7.55. The molecule has 1 atom stereocenters. The van der Waals surface area contributed by atoms with Gasteiger partial charge in [-0.05, 0) is 79.1 Å². The van der Waals surface area contributed by atoms with E-state index in [1.165, 1.54) is 0 Å². The maximum atomic E-state index is 13.0.